The lowest BCUT2D eigenvalue weighted by Gasteiger charge is -2.23. The van der Waals surface area contributed by atoms with Gasteiger partial charge in [-0.3, -0.25) is 9.59 Å². The van der Waals surface area contributed by atoms with Gasteiger partial charge in [0.25, 0.3) is 5.91 Å². The highest BCUT2D eigenvalue weighted by atomic mass is 16.3. The molecule has 1 aromatic carbocycles. The van der Waals surface area contributed by atoms with Gasteiger partial charge in [0.1, 0.15) is 11.7 Å². The van der Waals surface area contributed by atoms with Crippen molar-refractivity contribution in [2.75, 3.05) is 6.54 Å². The molecular formula is C19H17N3O3. The number of fused-ring (bicyclic) bond motifs is 1. The predicted octanol–water partition coefficient (Wildman–Crippen LogP) is 2.50. The van der Waals surface area contributed by atoms with Crippen molar-refractivity contribution in [3.8, 4) is 11.5 Å². The summed E-state index contributed by atoms with van der Waals surface area (Å²) in [6.45, 7) is 0.659. The van der Waals surface area contributed by atoms with Crippen LogP contribution in [0.4, 0.5) is 0 Å². The normalized spacial score (nSPS) is 17.3. The number of piperidine rings is 1. The number of aromatic nitrogens is 1. The van der Waals surface area contributed by atoms with Gasteiger partial charge in [0.2, 0.25) is 5.91 Å². The van der Waals surface area contributed by atoms with Gasteiger partial charge in [0.15, 0.2) is 5.76 Å². The molecule has 1 fully saturated rings. The lowest BCUT2D eigenvalue weighted by atomic mass is 10.0. The first kappa shape index (κ1) is 15.4. The third-order valence-electron chi connectivity index (χ3n) is 4.33. The SMILES string of the molecule is O=C(NC1CCCNC1=O)c1cc(-c2ccco2)nc2ccccc12. The Morgan fingerprint density at radius 3 is 2.92 bits per heavy atom. The number of hydrogen-bond acceptors (Lipinski definition) is 4. The molecule has 2 aromatic heterocycles. The van der Waals surface area contributed by atoms with Gasteiger partial charge in [-0.1, -0.05) is 18.2 Å². The molecule has 3 heterocycles. The maximum absolute atomic E-state index is 12.8. The maximum Gasteiger partial charge on any atom is 0.252 e. The largest absolute Gasteiger partial charge is 0.463 e. The smallest absolute Gasteiger partial charge is 0.252 e. The lowest BCUT2D eigenvalue weighted by molar-refractivity contribution is -0.124. The van der Waals surface area contributed by atoms with Crippen LogP contribution in [0, 0.1) is 0 Å². The minimum absolute atomic E-state index is 0.135. The second-order valence-corrected chi connectivity index (χ2v) is 6.01. The molecule has 126 valence electrons. The first-order valence-electron chi connectivity index (χ1n) is 8.24. The minimum Gasteiger partial charge on any atom is -0.463 e. The highest BCUT2D eigenvalue weighted by Crippen LogP contribution is 2.25. The Hall–Kier alpha value is -3.15. The van der Waals surface area contributed by atoms with E-state index in [9.17, 15) is 9.59 Å². The number of amides is 2. The molecule has 0 bridgehead atoms. The van der Waals surface area contributed by atoms with Crippen LogP contribution in [0.25, 0.3) is 22.4 Å². The Balaban J connectivity index is 1.74. The van der Waals surface area contributed by atoms with E-state index >= 15 is 0 Å². The van der Waals surface area contributed by atoms with Crippen molar-refractivity contribution >= 4 is 22.7 Å². The zero-order valence-corrected chi connectivity index (χ0v) is 13.5. The van der Waals surface area contributed by atoms with Crippen molar-refractivity contribution in [2.45, 2.75) is 18.9 Å². The van der Waals surface area contributed by atoms with E-state index in [0.29, 0.717) is 35.5 Å². The van der Waals surface area contributed by atoms with E-state index in [0.717, 1.165) is 11.8 Å². The van der Waals surface area contributed by atoms with Gasteiger partial charge in [-0.05, 0) is 37.1 Å². The van der Waals surface area contributed by atoms with E-state index in [-0.39, 0.29) is 11.8 Å². The molecule has 1 aliphatic heterocycles. The maximum atomic E-state index is 12.8. The summed E-state index contributed by atoms with van der Waals surface area (Å²) in [5, 5.41) is 6.36. The van der Waals surface area contributed by atoms with Crippen LogP contribution in [-0.2, 0) is 4.79 Å². The summed E-state index contributed by atoms with van der Waals surface area (Å²) < 4.78 is 5.41. The van der Waals surface area contributed by atoms with E-state index < -0.39 is 6.04 Å². The molecule has 6 nitrogen and oxygen atoms in total. The van der Waals surface area contributed by atoms with Gasteiger partial charge in [0.05, 0.1) is 17.3 Å². The number of para-hydroxylation sites is 1. The molecule has 6 heteroatoms. The van der Waals surface area contributed by atoms with Gasteiger partial charge in [-0.25, -0.2) is 4.98 Å². The molecule has 1 unspecified atom stereocenters. The summed E-state index contributed by atoms with van der Waals surface area (Å²) >= 11 is 0. The topological polar surface area (TPSA) is 84.2 Å². The number of pyridine rings is 1. The van der Waals surface area contributed by atoms with Gasteiger partial charge in [-0.15, -0.1) is 0 Å². The highest BCUT2D eigenvalue weighted by Gasteiger charge is 2.25. The number of carbonyl (C=O) groups is 2. The summed E-state index contributed by atoms with van der Waals surface area (Å²) in [7, 11) is 0. The molecule has 0 radical (unpaired) electrons. The van der Waals surface area contributed by atoms with E-state index in [2.05, 4.69) is 15.6 Å². The van der Waals surface area contributed by atoms with Crippen molar-refractivity contribution < 1.29 is 14.0 Å². The van der Waals surface area contributed by atoms with Crippen LogP contribution in [-0.4, -0.2) is 29.4 Å². The molecule has 25 heavy (non-hydrogen) atoms. The predicted molar refractivity (Wildman–Crippen MR) is 92.9 cm³/mol. The van der Waals surface area contributed by atoms with Gasteiger partial charge >= 0.3 is 0 Å². The number of benzene rings is 1. The summed E-state index contributed by atoms with van der Waals surface area (Å²) in [4.78, 5) is 29.3. The van der Waals surface area contributed by atoms with Crippen molar-refractivity contribution in [2.24, 2.45) is 0 Å². The van der Waals surface area contributed by atoms with Crippen molar-refractivity contribution in [3.05, 3.63) is 54.3 Å². The third kappa shape index (κ3) is 2.98. The van der Waals surface area contributed by atoms with Crippen molar-refractivity contribution in [3.63, 3.8) is 0 Å². The average molecular weight is 335 g/mol. The Kier molecular flexibility index (Phi) is 3.93. The van der Waals surface area contributed by atoms with Crippen LogP contribution >= 0.6 is 0 Å². The fourth-order valence-electron chi connectivity index (χ4n) is 3.06. The number of rotatable bonds is 3. The van der Waals surface area contributed by atoms with Crippen LogP contribution in [0.15, 0.2) is 53.1 Å². The van der Waals surface area contributed by atoms with Crippen molar-refractivity contribution in [1.29, 1.82) is 0 Å². The standard InChI is InChI=1S/C19H17N3O3/c23-18(22-15-7-3-9-20-19(15)24)13-11-16(17-8-4-10-25-17)21-14-6-2-1-5-12(13)14/h1-2,4-6,8,10-11,15H,3,7,9H2,(H,20,24)(H,22,23). The monoisotopic (exact) mass is 335 g/mol. The number of furan rings is 1. The second-order valence-electron chi connectivity index (χ2n) is 6.01. The quantitative estimate of drug-likeness (QED) is 0.770. The summed E-state index contributed by atoms with van der Waals surface area (Å²) in [5.41, 5.74) is 1.77. The van der Waals surface area contributed by atoms with E-state index in [1.165, 1.54) is 0 Å². The summed E-state index contributed by atoms with van der Waals surface area (Å²) in [5.74, 6) is 0.174. The fraction of sp³-hybridized carbons (Fsp3) is 0.211. The molecular weight excluding hydrogens is 318 g/mol. The Labute approximate surface area is 144 Å². The third-order valence-corrected chi connectivity index (χ3v) is 4.33. The van der Waals surface area contributed by atoms with Crippen LogP contribution < -0.4 is 10.6 Å². The van der Waals surface area contributed by atoms with Gasteiger partial charge < -0.3 is 15.1 Å². The molecule has 0 spiro atoms. The minimum atomic E-state index is -0.500. The van der Waals surface area contributed by atoms with Crippen LogP contribution in [0.1, 0.15) is 23.2 Å². The molecule has 4 rings (SSSR count). The van der Waals surface area contributed by atoms with Crippen LogP contribution in [0.3, 0.4) is 0 Å². The average Bonchev–Trinajstić information content (AvgIpc) is 3.17. The summed E-state index contributed by atoms with van der Waals surface area (Å²) in [6.07, 6.45) is 3.06. The summed E-state index contributed by atoms with van der Waals surface area (Å²) in [6, 6.07) is 12.2. The van der Waals surface area contributed by atoms with E-state index in [1.807, 2.05) is 24.3 Å². The molecule has 1 saturated heterocycles. The molecule has 1 atom stereocenters. The lowest BCUT2D eigenvalue weighted by Crippen LogP contribution is -2.50. The van der Waals surface area contributed by atoms with Gasteiger partial charge in [0, 0.05) is 11.9 Å². The van der Waals surface area contributed by atoms with E-state index in [4.69, 9.17) is 4.42 Å². The number of hydrogen-bond donors (Lipinski definition) is 2. The van der Waals surface area contributed by atoms with E-state index in [1.54, 1.807) is 24.5 Å². The second kappa shape index (κ2) is 6.39. The Morgan fingerprint density at radius 2 is 2.12 bits per heavy atom. The highest BCUT2D eigenvalue weighted by molar-refractivity contribution is 6.08. The zero-order chi connectivity index (χ0) is 17.2. The molecule has 1 aliphatic rings. The molecule has 3 aromatic rings. The fourth-order valence-corrected chi connectivity index (χ4v) is 3.06. The van der Waals surface area contributed by atoms with Crippen molar-refractivity contribution in [1.82, 2.24) is 15.6 Å². The van der Waals surface area contributed by atoms with Crippen LogP contribution in [0.2, 0.25) is 0 Å². The van der Waals surface area contributed by atoms with Crippen LogP contribution in [0.5, 0.6) is 0 Å². The molecule has 2 amide bonds. The Morgan fingerprint density at radius 1 is 1.24 bits per heavy atom. The zero-order valence-electron chi connectivity index (χ0n) is 13.5. The first-order valence-corrected chi connectivity index (χ1v) is 8.24. The first-order chi connectivity index (χ1) is 12.2. The number of nitrogens with one attached hydrogen (secondary N) is 2. The molecule has 2 N–H and O–H groups in total. The number of carbonyl (C=O) groups excluding carboxylic acids is 2. The Bertz CT molecular complexity index is 934. The molecule has 0 aliphatic carbocycles. The molecule has 0 saturated carbocycles. The van der Waals surface area contributed by atoms with Gasteiger partial charge in [-0.2, -0.15) is 0 Å². The number of nitrogens with zero attached hydrogens (tertiary/aromatic N) is 1.